The number of hydrogen-bond donors (Lipinski definition) is 1. The van der Waals surface area contributed by atoms with Gasteiger partial charge in [0, 0.05) is 29.9 Å². The Bertz CT molecular complexity index is 1220. The lowest BCUT2D eigenvalue weighted by atomic mass is 9.84. The van der Waals surface area contributed by atoms with Crippen molar-refractivity contribution in [2.75, 3.05) is 11.3 Å². The molecule has 0 bridgehead atoms. The minimum absolute atomic E-state index is 0.0245. The van der Waals surface area contributed by atoms with E-state index in [-0.39, 0.29) is 16.8 Å². The molecule has 0 fully saturated rings. The fourth-order valence-electron chi connectivity index (χ4n) is 3.63. The van der Waals surface area contributed by atoms with Gasteiger partial charge >= 0.3 is 6.18 Å². The second-order valence-electron chi connectivity index (χ2n) is 7.14. The molecule has 2 heterocycles. The average molecular weight is 449 g/mol. The minimum atomic E-state index is -4.41. The number of ether oxygens (including phenoxy) is 1. The van der Waals surface area contributed by atoms with Gasteiger partial charge in [0.05, 0.1) is 17.1 Å². The largest absolute Gasteiger partial charge is 0.493 e. The normalized spacial score (nSPS) is 16.3. The first-order valence-corrected chi connectivity index (χ1v) is 10.9. The smallest absolute Gasteiger partial charge is 0.416 e. The van der Waals surface area contributed by atoms with Crippen molar-refractivity contribution >= 4 is 16.0 Å². The van der Waals surface area contributed by atoms with Gasteiger partial charge in [0.25, 0.3) is 10.0 Å². The Morgan fingerprint density at radius 2 is 1.77 bits per heavy atom. The molecule has 1 N–H and O–H groups in total. The van der Waals surface area contributed by atoms with E-state index in [1.807, 2.05) is 0 Å². The lowest BCUT2D eigenvalue weighted by Gasteiger charge is -2.28. The molecule has 1 aliphatic rings. The number of nitrogens with zero attached hydrogens (tertiary/aromatic N) is 2. The summed E-state index contributed by atoms with van der Waals surface area (Å²) in [6, 6.07) is 9.73. The lowest BCUT2D eigenvalue weighted by molar-refractivity contribution is -0.137. The van der Waals surface area contributed by atoms with Crippen LogP contribution in [-0.2, 0) is 16.2 Å². The number of anilines is 1. The van der Waals surface area contributed by atoms with E-state index in [4.69, 9.17) is 4.74 Å². The number of nitrogens with one attached hydrogen (secondary N) is 1. The van der Waals surface area contributed by atoms with Gasteiger partial charge in [-0.3, -0.25) is 0 Å². The molecular formula is C21H18F3N3O3S. The molecule has 2 aromatic carbocycles. The van der Waals surface area contributed by atoms with Crippen molar-refractivity contribution in [3.63, 3.8) is 0 Å². The van der Waals surface area contributed by atoms with Crippen LogP contribution in [0.3, 0.4) is 0 Å². The molecule has 4 rings (SSSR count). The van der Waals surface area contributed by atoms with E-state index in [0.717, 1.165) is 23.3 Å². The van der Waals surface area contributed by atoms with Crippen molar-refractivity contribution in [1.29, 1.82) is 0 Å². The Labute approximate surface area is 177 Å². The van der Waals surface area contributed by atoms with Crippen LogP contribution in [0.2, 0.25) is 0 Å². The molecule has 162 valence electrons. The Morgan fingerprint density at radius 1 is 1.06 bits per heavy atom. The van der Waals surface area contributed by atoms with E-state index < -0.39 is 21.8 Å². The zero-order valence-corrected chi connectivity index (χ0v) is 17.2. The van der Waals surface area contributed by atoms with Gasteiger partial charge in [0.15, 0.2) is 0 Å². The molecule has 0 amide bonds. The van der Waals surface area contributed by atoms with Crippen LogP contribution in [0.1, 0.15) is 34.6 Å². The summed E-state index contributed by atoms with van der Waals surface area (Å²) in [5, 5.41) is 0. The number of aryl methyl sites for hydroxylation is 1. The summed E-state index contributed by atoms with van der Waals surface area (Å²) < 4.78 is 72.3. The van der Waals surface area contributed by atoms with Gasteiger partial charge < -0.3 is 4.74 Å². The standard InChI is InChI=1S/C21H18F3N3O3S/c1-13-11-14(21(22,23)24)3-5-16(13)17-7-10-30-19-12-15(4-6-18(17)19)31(28,29)27-20-25-8-2-9-26-20/h2-6,8-9,11-12,17H,7,10H2,1H3,(H,25,26,27)/t17-/m1/s1. The molecule has 0 radical (unpaired) electrons. The van der Waals surface area contributed by atoms with E-state index in [1.165, 1.54) is 30.6 Å². The Hall–Kier alpha value is -3.14. The summed E-state index contributed by atoms with van der Waals surface area (Å²) in [6.45, 7) is 1.96. The van der Waals surface area contributed by atoms with Crippen molar-refractivity contribution in [1.82, 2.24) is 9.97 Å². The van der Waals surface area contributed by atoms with Crippen LogP contribution in [0.4, 0.5) is 19.1 Å². The van der Waals surface area contributed by atoms with Crippen molar-refractivity contribution in [3.05, 3.63) is 77.1 Å². The van der Waals surface area contributed by atoms with Crippen LogP contribution in [0.5, 0.6) is 5.75 Å². The lowest BCUT2D eigenvalue weighted by Crippen LogP contribution is -2.19. The Morgan fingerprint density at radius 3 is 2.45 bits per heavy atom. The van der Waals surface area contributed by atoms with Crippen molar-refractivity contribution in [3.8, 4) is 5.75 Å². The molecule has 0 spiro atoms. The van der Waals surface area contributed by atoms with Gasteiger partial charge in [-0.15, -0.1) is 0 Å². The van der Waals surface area contributed by atoms with Gasteiger partial charge in [0.2, 0.25) is 5.95 Å². The second-order valence-corrected chi connectivity index (χ2v) is 8.82. The van der Waals surface area contributed by atoms with Gasteiger partial charge in [0.1, 0.15) is 5.75 Å². The highest BCUT2D eigenvalue weighted by Gasteiger charge is 2.32. The molecule has 0 saturated heterocycles. The first-order chi connectivity index (χ1) is 14.6. The maximum absolute atomic E-state index is 13.0. The molecule has 0 aliphatic carbocycles. The van der Waals surface area contributed by atoms with Crippen LogP contribution in [0.25, 0.3) is 0 Å². The first kappa shape index (κ1) is 21.1. The topological polar surface area (TPSA) is 81.2 Å². The Balaban J connectivity index is 1.66. The van der Waals surface area contributed by atoms with E-state index in [1.54, 1.807) is 19.1 Å². The molecule has 1 aliphatic heterocycles. The van der Waals surface area contributed by atoms with Crippen LogP contribution in [-0.4, -0.2) is 25.0 Å². The van der Waals surface area contributed by atoms with Crippen molar-refractivity contribution in [2.24, 2.45) is 0 Å². The highest BCUT2D eigenvalue weighted by molar-refractivity contribution is 7.92. The van der Waals surface area contributed by atoms with Crippen molar-refractivity contribution < 1.29 is 26.3 Å². The number of alkyl halides is 3. The molecule has 31 heavy (non-hydrogen) atoms. The van der Waals surface area contributed by atoms with E-state index in [0.29, 0.717) is 24.3 Å². The third-order valence-electron chi connectivity index (χ3n) is 5.10. The number of benzene rings is 2. The van der Waals surface area contributed by atoms with Gasteiger partial charge in [-0.05, 0) is 48.7 Å². The summed E-state index contributed by atoms with van der Waals surface area (Å²) in [5.41, 5.74) is 1.30. The van der Waals surface area contributed by atoms with Gasteiger partial charge in [-0.25, -0.2) is 23.1 Å². The number of halogens is 3. The minimum Gasteiger partial charge on any atom is -0.493 e. The molecular weight excluding hydrogens is 431 g/mol. The number of fused-ring (bicyclic) bond motifs is 1. The predicted octanol–water partition coefficient (Wildman–Crippen LogP) is 4.52. The van der Waals surface area contributed by atoms with E-state index in [2.05, 4.69) is 14.7 Å². The van der Waals surface area contributed by atoms with E-state index >= 15 is 0 Å². The average Bonchev–Trinajstić information content (AvgIpc) is 2.73. The quantitative estimate of drug-likeness (QED) is 0.634. The van der Waals surface area contributed by atoms with Gasteiger partial charge in [-0.1, -0.05) is 12.1 Å². The third kappa shape index (κ3) is 4.34. The number of hydrogen-bond acceptors (Lipinski definition) is 5. The summed E-state index contributed by atoms with van der Waals surface area (Å²) in [4.78, 5) is 7.68. The third-order valence-corrected chi connectivity index (χ3v) is 6.42. The number of sulfonamides is 1. The van der Waals surface area contributed by atoms with Crippen LogP contribution in [0, 0.1) is 6.92 Å². The zero-order chi connectivity index (χ0) is 22.2. The summed E-state index contributed by atoms with van der Waals surface area (Å²) in [7, 11) is -3.94. The van der Waals surface area contributed by atoms with Crippen LogP contribution < -0.4 is 9.46 Å². The molecule has 0 saturated carbocycles. The molecule has 6 nitrogen and oxygen atoms in total. The summed E-state index contributed by atoms with van der Waals surface area (Å²) in [5.74, 6) is 0.125. The van der Waals surface area contributed by atoms with Crippen molar-refractivity contribution in [2.45, 2.75) is 30.3 Å². The maximum atomic E-state index is 13.0. The Kier molecular flexibility index (Phi) is 5.34. The molecule has 3 aromatic rings. The summed E-state index contributed by atoms with van der Waals surface area (Å²) >= 11 is 0. The highest BCUT2D eigenvalue weighted by Crippen LogP contribution is 2.41. The van der Waals surface area contributed by atoms with E-state index in [9.17, 15) is 21.6 Å². The maximum Gasteiger partial charge on any atom is 0.416 e. The predicted molar refractivity (Wildman–Crippen MR) is 107 cm³/mol. The molecule has 1 aromatic heterocycles. The fraction of sp³-hybridized carbons (Fsp3) is 0.238. The molecule has 10 heteroatoms. The molecule has 1 atom stereocenters. The first-order valence-electron chi connectivity index (χ1n) is 9.39. The fourth-order valence-corrected chi connectivity index (χ4v) is 4.61. The monoisotopic (exact) mass is 449 g/mol. The second kappa shape index (κ2) is 7.84. The van der Waals surface area contributed by atoms with Crippen LogP contribution >= 0.6 is 0 Å². The molecule has 0 unspecified atom stereocenters. The van der Waals surface area contributed by atoms with Gasteiger partial charge in [-0.2, -0.15) is 13.2 Å². The SMILES string of the molecule is Cc1cc(C(F)(F)F)ccc1[C@H]1CCOc2cc(S(=O)(=O)Nc3ncccn3)ccc21. The number of aromatic nitrogens is 2. The van der Waals surface area contributed by atoms with Crippen LogP contribution in [0.15, 0.2) is 59.8 Å². The zero-order valence-electron chi connectivity index (χ0n) is 16.3. The highest BCUT2D eigenvalue weighted by atomic mass is 32.2. The summed E-state index contributed by atoms with van der Waals surface area (Å²) in [6.07, 6.45) is -1.01. The number of rotatable bonds is 4.